The van der Waals surface area contributed by atoms with Crippen LogP contribution in [0.25, 0.3) is 4.98 Å². The van der Waals surface area contributed by atoms with E-state index in [2.05, 4.69) is 9.71 Å². The van der Waals surface area contributed by atoms with Gasteiger partial charge in [-0.2, -0.15) is 0 Å². The number of hydrogen-bond acceptors (Lipinski definition) is 3. The second-order valence-corrected chi connectivity index (χ2v) is 1.44. The Bertz CT molecular complexity index is 127. The third-order valence-corrected chi connectivity index (χ3v) is 0.743. The molecule has 4 heteroatoms. The molecule has 0 aromatic carbocycles. The Morgan fingerprint density at radius 1 is 1.78 bits per heavy atom. The summed E-state index contributed by atoms with van der Waals surface area (Å²) in [7, 11) is 0. The van der Waals surface area contributed by atoms with Crippen molar-refractivity contribution < 1.29 is 9.53 Å². The van der Waals surface area contributed by atoms with Gasteiger partial charge in [-0.25, -0.2) is 0 Å². The van der Waals surface area contributed by atoms with Crippen molar-refractivity contribution in [2.24, 2.45) is 0 Å². The summed E-state index contributed by atoms with van der Waals surface area (Å²) in [5, 5.41) is 7.89. The first-order valence-electron chi connectivity index (χ1n) is 2.77. The van der Waals surface area contributed by atoms with Crippen LogP contribution in [0.2, 0.25) is 0 Å². The van der Waals surface area contributed by atoms with E-state index in [1.54, 1.807) is 6.92 Å². The number of ether oxygens (including phenoxy) is 1. The highest BCUT2D eigenvalue weighted by Gasteiger charge is 1.99. The number of diazo groups is 1. The van der Waals surface area contributed by atoms with Crippen molar-refractivity contribution in [2.45, 2.75) is 13.3 Å². The normalized spacial score (nSPS) is 8.00. The molecule has 0 saturated heterocycles. The van der Waals surface area contributed by atoms with Crippen LogP contribution in [-0.4, -0.2) is 19.1 Å². The number of hydrogen-bond donors (Lipinski definition) is 0. The molecule has 0 aliphatic carbocycles. The third kappa shape index (κ3) is 4.75. The van der Waals surface area contributed by atoms with Crippen molar-refractivity contribution in [3.8, 4) is 0 Å². The zero-order chi connectivity index (χ0) is 7.11. The number of esters is 1. The zero-order valence-corrected chi connectivity index (χ0v) is 5.33. The molecule has 0 aromatic heterocycles. The van der Waals surface area contributed by atoms with Gasteiger partial charge in [0.25, 0.3) is 0 Å². The van der Waals surface area contributed by atoms with Crippen LogP contribution in [0.1, 0.15) is 13.3 Å². The molecule has 9 heavy (non-hydrogen) atoms. The molecule has 0 atom stereocenters. The lowest BCUT2D eigenvalue weighted by Gasteiger charge is -1.92. The van der Waals surface area contributed by atoms with Gasteiger partial charge in [0.15, 0.2) is 6.61 Å². The maximum absolute atomic E-state index is 10.3. The van der Waals surface area contributed by atoms with Gasteiger partial charge in [0.2, 0.25) is 5.39 Å². The summed E-state index contributed by atoms with van der Waals surface area (Å²) in [6, 6.07) is 0. The van der Waals surface area contributed by atoms with Gasteiger partial charge in [-0.15, -0.1) is 0 Å². The molecule has 0 aliphatic heterocycles. The molecule has 0 heterocycles. The minimum Gasteiger partial charge on any atom is -0.457 e. The van der Waals surface area contributed by atoms with E-state index >= 15 is 0 Å². The number of carbonyl (C=O) groups excluding carboxylic acids is 1. The summed E-state index contributed by atoms with van der Waals surface area (Å²) >= 11 is 0. The van der Waals surface area contributed by atoms with Crippen molar-refractivity contribution in [1.29, 1.82) is 5.39 Å². The molecule has 0 aliphatic rings. The Morgan fingerprint density at radius 2 is 2.44 bits per heavy atom. The first-order valence-corrected chi connectivity index (χ1v) is 2.77. The smallest absolute Gasteiger partial charge is 0.338 e. The van der Waals surface area contributed by atoms with Crippen molar-refractivity contribution in [3.05, 3.63) is 4.98 Å². The predicted molar refractivity (Wildman–Crippen MR) is 31.2 cm³/mol. The van der Waals surface area contributed by atoms with Gasteiger partial charge in [-0.1, -0.05) is 6.92 Å². The van der Waals surface area contributed by atoms with Crippen LogP contribution in [0.15, 0.2) is 0 Å². The molecule has 0 saturated carbocycles. The van der Waals surface area contributed by atoms with E-state index in [0.717, 1.165) is 0 Å². The molecular formula is C5H9N2O2+. The zero-order valence-electron chi connectivity index (χ0n) is 5.33. The SMILES string of the molecule is CCC(=O)OCC[N+]#N. The van der Waals surface area contributed by atoms with Gasteiger partial charge in [-0.05, 0) is 0 Å². The lowest BCUT2D eigenvalue weighted by Crippen LogP contribution is -2.04. The molecular weight excluding hydrogens is 120 g/mol. The Kier molecular flexibility index (Phi) is 4.41. The lowest BCUT2D eigenvalue weighted by atomic mass is 10.5. The number of carbonyl (C=O) groups is 1. The first-order chi connectivity index (χ1) is 4.31. The quantitative estimate of drug-likeness (QED) is 0.321. The van der Waals surface area contributed by atoms with Gasteiger partial charge < -0.3 is 4.74 Å². The Balaban J connectivity index is 3.09. The summed E-state index contributed by atoms with van der Waals surface area (Å²) in [6.45, 7) is 2.04. The van der Waals surface area contributed by atoms with Gasteiger partial charge in [0.1, 0.15) is 4.98 Å². The number of nitrogens with zero attached hydrogens (tertiary/aromatic N) is 2. The largest absolute Gasteiger partial charge is 0.457 e. The Hall–Kier alpha value is -1.11. The minimum atomic E-state index is -0.265. The van der Waals surface area contributed by atoms with E-state index in [9.17, 15) is 4.79 Å². The van der Waals surface area contributed by atoms with E-state index in [0.29, 0.717) is 6.42 Å². The predicted octanol–water partition coefficient (Wildman–Crippen LogP) is 0.793. The van der Waals surface area contributed by atoms with Crippen molar-refractivity contribution >= 4 is 5.97 Å². The van der Waals surface area contributed by atoms with E-state index in [4.69, 9.17) is 5.39 Å². The first kappa shape index (κ1) is 7.89. The van der Waals surface area contributed by atoms with E-state index in [1.807, 2.05) is 0 Å². The maximum atomic E-state index is 10.3. The molecule has 50 valence electrons. The highest BCUT2D eigenvalue weighted by Crippen LogP contribution is 1.83. The van der Waals surface area contributed by atoms with Crippen LogP contribution in [-0.2, 0) is 9.53 Å². The topological polar surface area (TPSA) is 54.5 Å². The fourth-order valence-corrected chi connectivity index (χ4v) is 0.302. The number of rotatable bonds is 3. The van der Waals surface area contributed by atoms with Crippen molar-refractivity contribution in [1.82, 2.24) is 0 Å². The molecule has 0 bridgehead atoms. The van der Waals surface area contributed by atoms with Crippen LogP contribution in [0.3, 0.4) is 0 Å². The summed E-state index contributed by atoms with van der Waals surface area (Å²) in [4.78, 5) is 13.1. The van der Waals surface area contributed by atoms with E-state index in [1.165, 1.54) is 0 Å². The van der Waals surface area contributed by atoms with Crippen LogP contribution in [0.4, 0.5) is 0 Å². The third-order valence-electron chi connectivity index (χ3n) is 0.743. The van der Waals surface area contributed by atoms with Gasteiger partial charge in [-0.3, -0.25) is 4.79 Å². The van der Waals surface area contributed by atoms with E-state index in [-0.39, 0.29) is 19.1 Å². The standard InChI is InChI=1S/C5H9N2O2/c1-2-5(8)9-4-3-7-6/h2-4H2,1H3/q+1. The summed E-state index contributed by atoms with van der Waals surface area (Å²) in [5.74, 6) is -0.265. The van der Waals surface area contributed by atoms with Crippen LogP contribution in [0.5, 0.6) is 0 Å². The van der Waals surface area contributed by atoms with E-state index < -0.39 is 0 Å². The molecule has 0 unspecified atom stereocenters. The fraction of sp³-hybridized carbons (Fsp3) is 0.800. The van der Waals surface area contributed by atoms with Crippen LogP contribution < -0.4 is 0 Å². The minimum absolute atomic E-state index is 0.158. The molecule has 0 aromatic rings. The van der Waals surface area contributed by atoms with Crippen LogP contribution in [0, 0.1) is 5.39 Å². The monoisotopic (exact) mass is 129 g/mol. The Morgan fingerprint density at radius 3 is 2.89 bits per heavy atom. The summed E-state index contributed by atoms with van der Waals surface area (Å²) in [5.41, 5.74) is 0. The molecule has 4 nitrogen and oxygen atoms in total. The van der Waals surface area contributed by atoms with Crippen LogP contribution >= 0.6 is 0 Å². The molecule has 0 rings (SSSR count). The van der Waals surface area contributed by atoms with Gasteiger partial charge >= 0.3 is 12.5 Å². The second kappa shape index (κ2) is 5.04. The van der Waals surface area contributed by atoms with Crippen molar-refractivity contribution in [3.63, 3.8) is 0 Å². The summed E-state index contributed by atoms with van der Waals surface area (Å²) < 4.78 is 4.54. The average Bonchev–Trinajstić information content (AvgIpc) is 1.89. The molecule has 0 radical (unpaired) electrons. The fourth-order valence-electron chi connectivity index (χ4n) is 0.302. The highest BCUT2D eigenvalue weighted by molar-refractivity contribution is 5.68. The molecule has 0 spiro atoms. The lowest BCUT2D eigenvalue weighted by molar-refractivity contribution is -0.142. The Labute approximate surface area is 53.4 Å². The highest BCUT2D eigenvalue weighted by atomic mass is 16.5. The molecule has 0 fully saturated rings. The maximum Gasteiger partial charge on any atom is 0.338 e. The molecule has 0 N–H and O–H groups in total. The van der Waals surface area contributed by atoms with Gasteiger partial charge in [0.05, 0.1) is 0 Å². The second-order valence-electron chi connectivity index (χ2n) is 1.44. The van der Waals surface area contributed by atoms with Gasteiger partial charge in [0, 0.05) is 6.42 Å². The molecule has 0 amide bonds. The summed E-state index contributed by atoms with van der Waals surface area (Å²) in [6.07, 6.45) is 0.366. The average molecular weight is 129 g/mol. The van der Waals surface area contributed by atoms with Crippen molar-refractivity contribution in [2.75, 3.05) is 13.2 Å².